The number of benzene rings is 1. The molecule has 2 aromatic rings. The molecule has 2 rings (SSSR count). The Kier molecular flexibility index (Phi) is 3.17. The molecule has 3 nitrogen and oxygen atoms in total. The minimum atomic E-state index is 0.355. The van der Waals surface area contributed by atoms with E-state index >= 15 is 0 Å². The van der Waals surface area contributed by atoms with Crippen molar-refractivity contribution >= 4 is 0 Å². The Morgan fingerprint density at radius 1 is 0.842 bits per heavy atom. The van der Waals surface area contributed by atoms with Crippen molar-refractivity contribution in [2.75, 3.05) is 0 Å². The average molecular weight is 258 g/mol. The van der Waals surface area contributed by atoms with E-state index in [4.69, 9.17) is 0 Å². The number of rotatable bonds is 1. The molecular weight excluding hydrogens is 236 g/mol. The number of phenols is 1. The SMILES string of the molecule is Cc1nc(-c2c(C)c(C)c(C)c(C)c2O)n(C)c1C. The first-order valence-corrected chi connectivity index (χ1v) is 6.57. The van der Waals surface area contributed by atoms with Gasteiger partial charge in [-0.1, -0.05) is 0 Å². The lowest BCUT2D eigenvalue weighted by Crippen LogP contribution is -2.01. The fourth-order valence-electron chi connectivity index (χ4n) is 2.51. The van der Waals surface area contributed by atoms with Gasteiger partial charge in [0, 0.05) is 12.7 Å². The van der Waals surface area contributed by atoms with Gasteiger partial charge >= 0.3 is 0 Å². The van der Waals surface area contributed by atoms with Crippen LogP contribution < -0.4 is 0 Å². The number of phenolic OH excluding ortho intramolecular Hbond substituents is 1. The molecule has 1 N–H and O–H groups in total. The van der Waals surface area contributed by atoms with Gasteiger partial charge in [-0.15, -0.1) is 0 Å². The first kappa shape index (κ1) is 13.7. The molecule has 19 heavy (non-hydrogen) atoms. The second kappa shape index (κ2) is 4.41. The first-order chi connectivity index (χ1) is 8.77. The second-order valence-electron chi connectivity index (χ2n) is 5.39. The molecule has 0 aliphatic rings. The minimum Gasteiger partial charge on any atom is -0.507 e. The molecule has 0 atom stereocenters. The minimum absolute atomic E-state index is 0.355. The Hall–Kier alpha value is -1.77. The maximum absolute atomic E-state index is 10.5. The number of imidazole rings is 1. The second-order valence-corrected chi connectivity index (χ2v) is 5.39. The van der Waals surface area contributed by atoms with E-state index in [1.165, 1.54) is 5.56 Å². The van der Waals surface area contributed by atoms with Crippen LogP contribution in [0.1, 0.15) is 33.6 Å². The van der Waals surface area contributed by atoms with Crippen LogP contribution in [0.4, 0.5) is 0 Å². The summed E-state index contributed by atoms with van der Waals surface area (Å²) < 4.78 is 2.05. The van der Waals surface area contributed by atoms with Crippen LogP contribution in [0.15, 0.2) is 0 Å². The van der Waals surface area contributed by atoms with E-state index in [2.05, 4.69) is 25.8 Å². The highest BCUT2D eigenvalue weighted by atomic mass is 16.3. The van der Waals surface area contributed by atoms with Gasteiger partial charge in [0.15, 0.2) is 0 Å². The van der Waals surface area contributed by atoms with Gasteiger partial charge in [-0.2, -0.15) is 0 Å². The standard InChI is InChI=1S/C16H22N2O/c1-8-9(2)11(4)15(19)14(10(8)3)16-17-12(5)13(6)18(16)7/h19H,1-7H3. The van der Waals surface area contributed by atoms with Gasteiger partial charge < -0.3 is 9.67 Å². The lowest BCUT2D eigenvalue weighted by molar-refractivity contribution is 0.471. The van der Waals surface area contributed by atoms with Crippen molar-refractivity contribution in [3.05, 3.63) is 33.6 Å². The Bertz CT molecular complexity index is 637. The van der Waals surface area contributed by atoms with Crippen LogP contribution in [0.3, 0.4) is 0 Å². The van der Waals surface area contributed by atoms with E-state index in [0.717, 1.165) is 39.5 Å². The molecule has 0 aliphatic heterocycles. The predicted molar refractivity (Wildman–Crippen MR) is 78.7 cm³/mol. The third kappa shape index (κ3) is 1.84. The van der Waals surface area contributed by atoms with E-state index in [9.17, 15) is 5.11 Å². The third-order valence-corrected chi connectivity index (χ3v) is 4.50. The summed E-state index contributed by atoms with van der Waals surface area (Å²) >= 11 is 0. The molecule has 0 amide bonds. The van der Waals surface area contributed by atoms with Gasteiger partial charge in [0.2, 0.25) is 0 Å². The monoisotopic (exact) mass is 258 g/mol. The van der Waals surface area contributed by atoms with E-state index in [0.29, 0.717) is 5.75 Å². The molecule has 102 valence electrons. The fourth-order valence-corrected chi connectivity index (χ4v) is 2.51. The van der Waals surface area contributed by atoms with Gasteiger partial charge in [-0.3, -0.25) is 0 Å². The van der Waals surface area contributed by atoms with Crippen molar-refractivity contribution in [2.45, 2.75) is 41.5 Å². The van der Waals surface area contributed by atoms with Crippen LogP contribution in [-0.2, 0) is 7.05 Å². The molecule has 3 heteroatoms. The van der Waals surface area contributed by atoms with E-state index in [-0.39, 0.29) is 0 Å². The number of hydrogen-bond acceptors (Lipinski definition) is 2. The zero-order valence-corrected chi connectivity index (χ0v) is 12.8. The van der Waals surface area contributed by atoms with E-state index < -0.39 is 0 Å². The molecule has 0 spiro atoms. The summed E-state index contributed by atoms with van der Waals surface area (Å²) in [7, 11) is 1.99. The Balaban J connectivity index is 2.87. The molecule has 0 fully saturated rings. The number of aryl methyl sites for hydroxylation is 1. The van der Waals surface area contributed by atoms with Gasteiger partial charge in [-0.05, 0) is 63.8 Å². The molecule has 1 aromatic carbocycles. The van der Waals surface area contributed by atoms with Crippen LogP contribution in [-0.4, -0.2) is 14.7 Å². The average Bonchev–Trinajstić information content (AvgIpc) is 2.62. The summed E-state index contributed by atoms with van der Waals surface area (Å²) in [5, 5.41) is 10.5. The summed E-state index contributed by atoms with van der Waals surface area (Å²) in [5.74, 6) is 1.20. The van der Waals surface area contributed by atoms with Gasteiger partial charge in [-0.25, -0.2) is 4.98 Å². The molecule has 1 heterocycles. The van der Waals surface area contributed by atoms with Crippen LogP contribution >= 0.6 is 0 Å². The smallest absolute Gasteiger partial charge is 0.144 e. The van der Waals surface area contributed by atoms with Crippen molar-refractivity contribution < 1.29 is 5.11 Å². The van der Waals surface area contributed by atoms with Gasteiger partial charge in [0.25, 0.3) is 0 Å². The summed E-state index contributed by atoms with van der Waals surface area (Å²) in [6.07, 6.45) is 0. The summed E-state index contributed by atoms with van der Waals surface area (Å²) in [6.45, 7) is 12.2. The first-order valence-electron chi connectivity index (χ1n) is 6.57. The summed E-state index contributed by atoms with van der Waals surface area (Å²) in [5.41, 5.74) is 7.42. The van der Waals surface area contributed by atoms with Crippen molar-refractivity contribution in [1.82, 2.24) is 9.55 Å². The van der Waals surface area contributed by atoms with Crippen LogP contribution in [0.5, 0.6) is 5.75 Å². The number of nitrogens with zero attached hydrogens (tertiary/aromatic N) is 2. The Morgan fingerprint density at radius 2 is 1.37 bits per heavy atom. The Morgan fingerprint density at radius 3 is 1.84 bits per heavy atom. The van der Waals surface area contributed by atoms with Crippen molar-refractivity contribution in [3.8, 4) is 17.1 Å². The molecule has 0 saturated heterocycles. The highest BCUT2D eigenvalue weighted by Gasteiger charge is 2.20. The Labute approximate surface area is 114 Å². The van der Waals surface area contributed by atoms with E-state index in [1.807, 2.05) is 32.4 Å². The largest absolute Gasteiger partial charge is 0.507 e. The fraction of sp³-hybridized carbons (Fsp3) is 0.438. The molecule has 0 saturated carbocycles. The van der Waals surface area contributed by atoms with Crippen LogP contribution in [0, 0.1) is 41.5 Å². The third-order valence-electron chi connectivity index (χ3n) is 4.50. The van der Waals surface area contributed by atoms with Crippen LogP contribution in [0.25, 0.3) is 11.4 Å². The summed E-state index contributed by atoms with van der Waals surface area (Å²) in [6, 6.07) is 0. The van der Waals surface area contributed by atoms with Gasteiger partial charge in [0.05, 0.1) is 11.3 Å². The van der Waals surface area contributed by atoms with E-state index in [1.54, 1.807) is 0 Å². The molecule has 0 radical (unpaired) electrons. The lowest BCUT2D eigenvalue weighted by atomic mass is 9.93. The molecule has 0 unspecified atom stereocenters. The zero-order chi connectivity index (χ0) is 14.5. The summed E-state index contributed by atoms with van der Waals surface area (Å²) in [4.78, 5) is 4.62. The normalized spacial score (nSPS) is 11.1. The number of aromatic hydroxyl groups is 1. The molecule has 0 bridgehead atoms. The zero-order valence-electron chi connectivity index (χ0n) is 12.8. The predicted octanol–water partition coefficient (Wildman–Crippen LogP) is 3.64. The van der Waals surface area contributed by atoms with Crippen molar-refractivity contribution in [2.24, 2.45) is 7.05 Å². The van der Waals surface area contributed by atoms with Crippen molar-refractivity contribution in [3.63, 3.8) is 0 Å². The maximum Gasteiger partial charge on any atom is 0.144 e. The highest BCUT2D eigenvalue weighted by Crippen LogP contribution is 2.38. The topological polar surface area (TPSA) is 38.1 Å². The molecular formula is C16H22N2O. The van der Waals surface area contributed by atoms with Crippen molar-refractivity contribution in [1.29, 1.82) is 0 Å². The highest BCUT2D eigenvalue weighted by molar-refractivity contribution is 5.74. The molecule has 1 aromatic heterocycles. The molecule has 0 aliphatic carbocycles. The quantitative estimate of drug-likeness (QED) is 0.848. The maximum atomic E-state index is 10.5. The van der Waals surface area contributed by atoms with Crippen LogP contribution in [0.2, 0.25) is 0 Å². The number of aromatic nitrogens is 2. The lowest BCUT2D eigenvalue weighted by Gasteiger charge is -2.17. The number of hydrogen-bond donors (Lipinski definition) is 1. The van der Waals surface area contributed by atoms with Gasteiger partial charge in [0.1, 0.15) is 11.6 Å².